The van der Waals surface area contributed by atoms with Gasteiger partial charge >= 0.3 is 12.1 Å². The fourth-order valence-electron chi connectivity index (χ4n) is 2.85. The summed E-state index contributed by atoms with van der Waals surface area (Å²) in [4.78, 5) is 15.9. The van der Waals surface area contributed by atoms with E-state index in [0.29, 0.717) is 12.3 Å². The Kier molecular flexibility index (Phi) is 5.57. The van der Waals surface area contributed by atoms with Gasteiger partial charge in [-0.05, 0) is 18.6 Å². The SMILES string of the molecule is CCc1nn(C)c(OC)c1CNC(=O)c1cccc(-c2noc(C(F)(F)F)n2)c1. The molecule has 0 aliphatic rings. The number of rotatable bonds is 6. The van der Waals surface area contributed by atoms with Gasteiger partial charge in [-0.1, -0.05) is 24.2 Å². The Morgan fingerprint density at radius 1 is 1.34 bits per heavy atom. The van der Waals surface area contributed by atoms with Crippen LogP contribution in [0.1, 0.15) is 34.4 Å². The van der Waals surface area contributed by atoms with E-state index in [-0.39, 0.29) is 23.5 Å². The molecule has 0 fully saturated rings. The molecule has 1 aromatic carbocycles. The minimum Gasteiger partial charge on any atom is -0.481 e. The summed E-state index contributed by atoms with van der Waals surface area (Å²) in [6.45, 7) is 2.13. The zero-order chi connectivity index (χ0) is 21.2. The van der Waals surface area contributed by atoms with Gasteiger partial charge in [0.2, 0.25) is 11.7 Å². The van der Waals surface area contributed by atoms with Gasteiger partial charge in [0.25, 0.3) is 5.91 Å². The number of aryl methyl sites for hydroxylation is 2. The zero-order valence-electron chi connectivity index (χ0n) is 15.9. The lowest BCUT2D eigenvalue weighted by molar-refractivity contribution is -0.159. The Bertz CT molecular complexity index is 1030. The van der Waals surface area contributed by atoms with E-state index < -0.39 is 18.0 Å². The molecule has 0 bridgehead atoms. The molecule has 154 valence electrons. The van der Waals surface area contributed by atoms with Crippen LogP contribution in [0.4, 0.5) is 13.2 Å². The predicted octanol–water partition coefficient (Wildman–Crippen LogP) is 2.99. The Balaban J connectivity index is 1.78. The highest BCUT2D eigenvalue weighted by molar-refractivity contribution is 5.95. The van der Waals surface area contributed by atoms with Crippen molar-refractivity contribution in [1.29, 1.82) is 0 Å². The van der Waals surface area contributed by atoms with Crippen molar-refractivity contribution in [2.75, 3.05) is 7.11 Å². The standard InChI is InChI=1S/C18H18F3N5O3/c1-4-13-12(16(28-3)26(2)24-13)9-22-15(27)11-7-5-6-10(8-11)14-23-17(29-25-14)18(19,20)21/h5-8H,4,9H2,1-3H3,(H,22,27). The average molecular weight is 409 g/mol. The number of hydrogen-bond acceptors (Lipinski definition) is 6. The van der Waals surface area contributed by atoms with Crippen LogP contribution in [-0.4, -0.2) is 32.9 Å². The third kappa shape index (κ3) is 4.23. The van der Waals surface area contributed by atoms with Crippen LogP contribution in [0.25, 0.3) is 11.4 Å². The van der Waals surface area contributed by atoms with Gasteiger partial charge in [0.05, 0.1) is 24.9 Å². The first-order valence-electron chi connectivity index (χ1n) is 8.62. The molecule has 11 heteroatoms. The van der Waals surface area contributed by atoms with Gasteiger partial charge in [0.15, 0.2) is 0 Å². The molecule has 2 heterocycles. The molecule has 0 radical (unpaired) electrons. The second kappa shape index (κ2) is 7.94. The third-order valence-corrected chi connectivity index (χ3v) is 4.18. The highest BCUT2D eigenvalue weighted by atomic mass is 19.4. The lowest BCUT2D eigenvalue weighted by Gasteiger charge is -2.08. The van der Waals surface area contributed by atoms with E-state index >= 15 is 0 Å². The number of methoxy groups -OCH3 is 1. The second-order valence-electron chi connectivity index (χ2n) is 6.10. The van der Waals surface area contributed by atoms with Crippen molar-refractivity contribution in [3.63, 3.8) is 0 Å². The zero-order valence-corrected chi connectivity index (χ0v) is 15.9. The summed E-state index contributed by atoms with van der Waals surface area (Å²) < 4.78 is 49.1. The Labute approximate surface area is 163 Å². The smallest absolute Gasteiger partial charge is 0.471 e. The summed E-state index contributed by atoms with van der Waals surface area (Å²) in [5.41, 5.74) is 2.02. The number of nitrogens with one attached hydrogen (secondary N) is 1. The first-order chi connectivity index (χ1) is 13.7. The number of aromatic nitrogens is 4. The molecule has 0 saturated carbocycles. The number of benzene rings is 1. The molecule has 1 amide bonds. The van der Waals surface area contributed by atoms with E-state index in [1.54, 1.807) is 11.7 Å². The molecule has 8 nitrogen and oxygen atoms in total. The highest BCUT2D eigenvalue weighted by Crippen LogP contribution is 2.29. The quantitative estimate of drug-likeness (QED) is 0.673. The maximum absolute atomic E-state index is 12.6. The topological polar surface area (TPSA) is 95.1 Å². The average Bonchev–Trinajstić information content (AvgIpc) is 3.30. The van der Waals surface area contributed by atoms with Crippen LogP contribution in [0.5, 0.6) is 5.88 Å². The van der Waals surface area contributed by atoms with E-state index in [1.165, 1.54) is 31.4 Å². The molecule has 29 heavy (non-hydrogen) atoms. The van der Waals surface area contributed by atoms with Gasteiger partial charge in [0.1, 0.15) is 0 Å². The number of hydrogen-bond donors (Lipinski definition) is 1. The molecule has 3 aromatic rings. The van der Waals surface area contributed by atoms with E-state index in [1.807, 2.05) is 6.92 Å². The van der Waals surface area contributed by atoms with E-state index in [0.717, 1.165) is 11.3 Å². The van der Waals surface area contributed by atoms with Crippen molar-refractivity contribution >= 4 is 5.91 Å². The number of carbonyl (C=O) groups excluding carboxylic acids is 1. The van der Waals surface area contributed by atoms with Crippen LogP contribution >= 0.6 is 0 Å². The number of alkyl halides is 3. The van der Waals surface area contributed by atoms with Crippen LogP contribution in [0, 0.1) is 0 Å². The normalized spacial score (nSPS) is 11.5. The van der Waals surface area contributed by atoms with Crippen molar-refractivity contribution in [3.8, 4) is 17.3 Å². The maximum atomic E-state index is 12.6. The molecular formula is C18H18F3N5O3. The number of amides is 1. The molecular weight excluding hydrogens is 391 g/mol. The number of carbonyl (C=O) groups is 1. The maximum Gasteiger partial charge on any atom is 0.471 e. The van der Waals surface area contributed by atoms with E-state index in [9.17, 15) is 18.0 Å². The van der Waals surface area contributed by atoms with Crippen LogP contribution in [0.2, 0.25) is 0 Å². The highest BCUT2D eigenvalue weighted by Gasteiger charge is 2.38. The van der Waals surface area contributed by atoms with Gasteiger partial charge in [-0.3, -0.25) is 4.79 Å². The minimum atomic E-state index is -4.74. The van der Waals surface area contributed by atoms with Crippen LogP contribution in [0.15, 0.2) is 28.8 Å². The number of halogens is 3. The predicted molar refractivity (Wildman–Crippen MR) is 95.0 cm³/mol. The molecule has 2 aromatic heterocycles. The van der Waals surface area contributed by atoms with Crippen molar-refractivity contribution < 1.29 is 27.2 Å². The summed E-state index contributed by atoms with van der Waals surface area (Å²) in [6.07, 6.45) is -4.07. The molecule has 0 atom stereocenters. The van der Waals surface area contributed by atoms with Gasteiger partial charge in [-0.2, -0.15) is 23.3 Å². The Morgan fingerprint density at radius 3 is 2.72 bits per heavy atom. The molecule has 0 aliphatic heterocycles. The van der Waals surface area contributed by atoms with Gasteiger partial charge in [-0.15, -0.1) is 0 Å². The third-order valence-electron chi connectivity index (χ3n) is 4.18. The molecule has 0 unspecified atom stereocenters. The summed E-state index contributed by atoms with van der Waals surface area (Å²) in [5.74, 6) is -1.57. The van der Waals surface area contributed by atoms with E-state index in [4.69, 9.17) is 4.74 Å². The summed E-state index contributed by atoms with van der Waals surface area (Å²) in [7, 11) is 3.26. The number of ether oxygens (including phenoxy) is 1. The second-order valence-corrected chi connectivity index (χ2v) is 6.10. The summed E-state index contributed by atoms with van der Waals surface area (Å²) in [6, 6.07) is 5.93. The largest absolute Gasteiger partial charge is 0.481 e. The lowest BCUT2D eigenvalue weighted by Crippen LogP contribution is -2.23. The van der Waals surface area contributed by atoms with Gasteiger partial charge in [0, 0.05) is 18.2 Å². The fraction of sp³-hybridized carbons (Fsp3) is 0.333. The Morgan fingerprint density at radius 2 is 2.10 bits per heavy atom. The van der Waals surface area contributed by atoms with Crippen molar-refractivity contribution in [2.24, 2.45) is 7.05 Å². The van der Waals surface area contributed by atoms with Crippen molar-refractivity contribution in [1.82, 2.24) is 25.2 Å². The monoisotopic (exact) mass is 409 g/mol. The van der Waals surface area contributed by atoms with Gasteiger partial charge < -0.3 is 14.6 Å². The molecule has 1 N–H and O–H groups in total. The van der Waals surface area contributed by atoms with Crippen LogP contribution in [-0.2, 0) is 26.2 Å². The van der Waals surface area contributed by atoms with Crippen LogP contribution < -0.4 is 10.1 Å². The first kappa shape index (κ1) is 20.4. The number of nitrogens with zero attached hydrogens (tertiary/aromatic N) is 4. The Hall–Kier alpha value is -3.37. The molecule has 3 rings (SSSR count). The molecule has 0 saturated heterocycles. The fourth-order valence-corrected chi connectivity index (χ4v) is 2.85. The van der Waals surface area contributed by atoms with Crippen molar-refractivity contribution in [2.45, 2.75) is 26.1 Å². The van der Waals surface area contributed by atoms with E-state index in [2.05, 4.69) is 25.1 Å². The summed E-state index contributed by atoms with van der Waals surface area (Å²) in [5, 5.41) is 10.4. The van der Waals surface area contributed by atoms with Crippen LogP contribution in [0.3, 0.4) is 0 Å². The lowest BCUT2D eigenvalue weighted by atomic mass is 10.1. The first-order valence-corrected chi connectivity index (χ1v) is 8.62. The summed E-state index contributed by atoms with van der Waals surface area (Å²) >= 11 is 0. The van der Waals surface area contributed by atoms with Gasteiger partial charge in [-0.25, -0.2) is 4.68 Å². The van der Waals surface area contributed by atoms with Crippen molar-refractivity contribution in [3.05, 3.63) is 47.0 Å². The minimum absolute atomic E-state index is 0.184. The molecule has 0 aliphatic carbocycles. The molecule has 0 spiro atoms.